The van der Waals surface area contributed by atoms with E-state index < -0.39 is 5.54 Å². The Bertz CT molecular complexity index is 727. The zero-order chi connectivity index (χ0) is 20.5. The van der Waals surface area contributed by atoms with Gasteiger partial charge in [-0.25, -0.2) is 4.79 Å². The van der Waals surface area contributed by atoms with E-state index in [0.717, 1.165) is 0 Å². The number of carbonyl (C=O) groups excluding carboxylic acids is 2. The van der Waals surface area contributed by atoms with E-state index in [4.69, 9.17) is 11.6 Å². The van der Waals surface area contributed by atoms with Gasteiger partial charge in [0.2, 0.25) is 0 Å². The molecule has 0 aliphatic carbocycles. The summed E-state index contributed by atoms with van der Waals surface area (Å²) in [5, 5.41) is 13.6. The second kappa shape index (κ2) is 8.27. The van der Waals surface area contributed by atoms with Crippen molar-refractivity contribution in [3.63, 3.8) is 0 Å². The van der Waals surface area contributed by atoms with Crippen LogP contribution in [0.4, 0.5) is 4.79 Å². The molecule has 0 saturated carbocycles. The van der Waals surface area contributed by atoms with Crippen LogP contribution in [0.2, 0.25) is 5.02 Å². The van der Waals surface area contributed by atoms with Crippen molar-refractivity contribution in [3.8, 4) is 0 Å². The van der Waals surface area contributed by atoms with Gasteiger partial charge in [0.15, 0.2) is 0 Å². The maximum Gasteiger partial charge on any atom is 0.317 e. The molecule has 0 unspecified atom stereocenters. The molecule has 154 valence electrons. The Hall–Kier alpha value is -1.83. The molecule has 1 aromatic rings. The molecule has 2 aliphatic rings. The van der Waals surface area contributed by atoms with Crippen molar-refractivity contribution >= 4 is 23.5 Å². The van der Waals surface area contributed by atoms with E-state index in [0.29, 0.717) is 43.3 Å². The van der Waals surface area contributed by atoms with Crippen LogP contribution in [-0.2, 0) is 0 Å². The van der Waals surface area contributed by atoms with Crippen LogP contribution in [0.3, 0.4) is 0 Å². The molecule has 0 radical (unpaired) electrons. The number of urea groups is 1. The van der Waals surface area contributed by atoms with E-state index in [2.05, 4.69) is 10.2 Å². The minimum absolute atomic E-state index is 0.0196. The lowest BCUT2D eigenvalue weighted by atomic mass is 9.91. The number of benzene rings is 1. The fourth-order valence-corrected chi connectivity index (χ4v) is 4.26. The minimum atomic E-state index is -0.536. The smallest absolute Gasteiger partial charge is 0.317 e. The van der Waals surface area contributed by atoms with Crippen molar-refractivity contribution in [2.45, 2.75) is 38.4 Å². The maximum absolute atomic E-state index is 13.0. The monoisotopic (exact) mass is 408 g/mol. The van der Waals surface area contributed by atoms with Crippen LogP contribution in [-0.4, -0.2) is 88.7 Å². The number of nitrogens with one attached hydrogen (secondary N) is 1. The molecule has 2 aliphatic heterocycles. The minimum Gasteiger partial charge on any atom is -0.394 e. The Morgan fingerprint density at radius 1 is 1.21 bits per heavy atom. The van der Waals surface area contributed by atoms with Gasteiger partial charge in [0.25, 0.3) is 5.91 Å². The van der Waals surface area contributed by atoms with Gasteiger partial charge < -0.3 is 20.2 Å². The highest BCUT2D eigenvalue weighted by molar-refractivity contribution is 6.30. The maximum atomic E-state index is 13.0. The third kappa shape index (κ3) is 4.26. The average molecular weight is 409 g/mol. The first-order valence-electron chi connectivity index (χ1n) is 9.71. The number of carbonyl (C=O) groups is 2. The van der Waals surface area contributed by atoms with Crippen molar-refractivity contribution in [1.29, 1.82) is 0 Å². The standard InChI is InChI=1S/C20H29ClN4O3/c1-14(2)22-19(28)23-8-9-25-17(10-23)11-24(12-20(25,3)13-26)18(27)15-4-6-16(21)7-5-15/h4-7,14,17,26H,8-13H2,1-3H3,(H,22,28)/t17-,20-/m0/s1. The summed E-state index contributed by atoms with van der Waals surface area (Å²) >= 11 is 5.93. The highest BCUT2D eigenvalue weighted by atomic mass is 35.5. The highest BCUT2D eigenvalue weighted by Crippen LogP contribution is 2.29. The summed E-state index contributed by atoms with van der Waals surface area (Å²) in [7, 11) is 0. The lowest BCUT2D eigenvalue weighted by Gasteiger charge is -2.56. The Balaban J connectivity index is 1.78. The predicted octanol–water partition coefficient (Wildman–Crippen LogP) is 1.65. The Labute approximate surface area is 171 Å². The molecule has 2 fully saturated rings. The normalized spacial score (nSPS) is 25.6. The van der Waals surface area contributed by atoms with Gasteiger partial charge in [-0.1, -0.05) is 11.6 Å². The molecule has 2 saturated heterocycles. The Morgan fingerprint density at radius 3 is 2.46 bits per heavy atom. The molecule has 2 heterocycles. The summed E-state index contributed by atoms with van der Waals surface area (Å²) < 4.78 is 0. The summed E-state index contributed by atoms with van der Waals surface area (Å²) in [5.41, 5.74) is 0.0365. The molecule has 7 nitrogen and oxygen atoms in total. The van der Waals surface area contributed by atoms with Gasteiger partial charge in [-0.2, -0.15) is 0 Å². The number of fused-ring (bicyclic) bond motifs is 1. The lowest BCUT2D eigenvalue weighted by molar-refractivity contribution is -0.0769. The summed E-state index contributed by atoms with van der Waals surface area (Å²) in [6.45, 7) is 8.57. The second-order valence-corrected chi connectivity index (χ2v) is 8.68. The van der Waals surface area contributed by atoms with Crippen LogP contribution in [0.25, 0.3) is 0 Å². The van der Waals surface area contributed by atoms with Crippen LogP contribution >= 0.6 is 11.6 Å². The van der Waals surface area contributed by atoms with E-state index in [-0.39, 0.29) is 30.6 Å². The van der Waals surface area contributed by atoms with Crippen LogP contribution in [0, 0.1) is 0 Å². The predicted molar refractivity (Wildman–Crippen MR) is 109 cm³/mol. The SMILES string of the molecule is CC(C)NC(=O)N1CCN2[C@@H](C1)CN(C(=O)c1ccc(Cl)cc1)C[C@@]2(C)CO. The van der Waals surface area contributed by atoms with Gasteiger partial charge >= 0.3 is 6.03 Å². The average Bonchev–Trinajstić information content (AvgIpc) is 2.67. The molecular formula is C20H29ClN4O3. The van der Waals surface area contributed by atoms with Crippen molar-refractivity contribution in [2.24, 2.45) is 0 Å². The first kappa shape index (κ1) is 20.9. The van der Waals surface area contributed by atoms with Gasteiger partial charge in [0.1, 0.15) is 0 Å². The largest absolute Gasteiger partial charge is 0.394 e. The topological polar surface area (TPSA) is 76.1 Å². The molecule has 3 amide bonds. The fraction of sp³-hybridized carbons (Fsp3) is 0.600. The highest BCUT2D eigenvalue weighted by Gasteiger charge is 2.46. The quantitative estimate of drug-likeness (QED) is 0.797. The molecule has 0 bridgehead atoms. The number of hydrogen-bond acceptors (Lipinski definition) is 4. The number of aliphatic hydroxyl groups excluding tert-OH is 1. The molecule has 3 rings (SSSR count). The van der Waals surface area contributed by atoms with E-state index in [1.807, 2.05) is 20.8 Å². The molecular weight excluding hydrogens is 380 g/mol. The van der Waals surface area contributed by atoms with Crippen LogP contribution in [0.15, 0.2) is 24.3 Å². The number of aliphatic hydroxyl groups is 1. The van der Waals surface area contributed by atoms with Crippen molar-refractivity contribution in [2.75, 3.05) is 39.3 Å². The van der Waals surface area contributed by atoms with Gasteiger partial charge in [-0.15, -0.1) is 0 Å². The molecule has 28 heavy (non-hydrogen) atoms. The molecule has 1 aromatic carbocycles. The molecule has 0 spiro atoms. The number of rotatable bonds is 3. The number of amides is 3. The first-order valence-corrected chi connectivity index (χ1v) is 10.1. The third-order valence-electron chi connectivity index (χ3n) is 5.56. The zero-order valence-corrected chi connectivity index (χ0v) is 17.4. The number of halogens is 1. The summed E-state index contributed by atoms with van der Waals surface area (Å²) in [4.78, 5) is 31.3. The van der Waals surface area contributed by atoms with E-state index in [1.165, 1.54) is 0 Å². The van der Waals surface area contributed by atoms with Crippen LogP contribution < -0.4 is 5.32 Å². The number of hydrogen-bond donors (Lipinski definition) is 2. The summed E-state index contributed by atoms with van der Waals surface area (Å²) in [6.07, 6.45) is 0. The van der Waals surface area contributed by atoms with Gasteiger partial charge in [0, 0.05) is 55.4 Å². The van der Waals surface area contributed by atoms with Crippen LogP contribution in [0.1, 0.15) is 31.1 Å². The van der Waals surface area contributed by atoms with E-state index in [1.54, 1.807) is 34.1 Å². The summed E-state index contributed by atoms with van der Waals surface area (Å²) in [5.74, 6) is -0.0836. The zero-order valence-electron chi connectivity index (χ0n) is 16.7. The van der Waals surface area contributed by atoms with Crippen molar-refractivity contribution in [1.82, 2.24) is 20.0 Å². The van der Waals surface area contributed by atoms with Crippen molar-refractivity contribution < 1.29 is 14.7 Å². The fourth-order valence-electron chi connectivity index (χ4n) is 4.14. The third-order valence-corrected chi connectivity index (χ3v) is 5.81. The lowest BCUT2D eigenvalue weighted by Crippen LogP contribution is -2.73. The number of piperazine rings is 2. The van der Waals surface area contributed by atoms with Gasteiger partial charge in [-0.05, 0) is 45.0 Å². The molecule has 0 aromatic heterocycles. The van der Waals surface area contributed by atoms with Crippen LogP contribution in [0.5, 0.6) is 0 Å². The van der Waals surface area contributed by atoms with Crippen molar-refractivity contribution in [3.05, 3.63) is 34.9 Å². The van der Waals surface area contributed by atoms with E-state index in [9.17, 15) is 14.7 Å². The first-order chi connectivity index (χ1) is 13.2. The summed E-state index contributed by atoms with van der Waals surface area (Å²) in [6, 6.07) is 6.81. The second-order valence-electron chi connectivity index (χ2n) is 8.25. The number of nitrogens with zero attached hydrogens (tertiary/aromatic N) is 3. The molecule has 2 N–H and O–H groups in total. The molecule has 8 heteroatoms. The van der Waals surface area contributed by atoms with Gasteiger partial charge in [-0.3, -0.25) is 9.69 Å². The van der Waals surface area contributed by atoms with E-state index >= 15 is 0 Å². The Morgan fingerprint density at radius 2 is 1.86 bits per heavy atom. The van der Waals surface area contributed by atoms with Gasteiger partial charge in [0.05, 0.1) is 12.1 Å². The molecule has 2 atom stereocenters. The Kier molecular flexibility index (Phi) is 6.17.